The van der Waals surface area contributed by atoms with Crippen molar-refractivity contribution in [2.75, 3.05) is 36.6 Å². The molecule has 12 heteroatoms. The van der Waals surface area contributed by atoms with Crippen LogP contribution in [0.4, 0.5) is 24.5 Å². The van der Waals surface area contributed by atoms with E-state index in [1.807, 2.05) is 27.1 Å². The number of alkyl halides is 3. The molecule has 0 saturated carbocycles. The molecular weight excluding hydrogens is 523 g/mol. The first-order valence-corrected chi connectivity index (χ1v) is 13.0. The number of nitrogens with one attached hydrogen (secondary N) is 3. The van der Waals surface area contributed by atoms with E-state index in [-0.39, 0.29) is 11.3 Å². The molecule has 1 fully saturated rings. The molecule has 9 nitrogen and oxygen atoms in total. The highest BCUT2D eigenvalue weighted by molar-refractivity contribution is 6.05. The normalized spacial score (nSPS) is 16.2. The molecule has 2 aliphatic heterocycles. The molecule has 40 heavy (non-hydrogen) atoms. The predicted octanol–water partition coefficient (Wildman–Crippen LogP) is 4.28. The fraction of sp³-hybridized carbons (Fsp3) is 0.357. The van der Waals surface area contributed by atoms with Crippen LogP contribution >= 0.6 is 0 Å². The van der Waals surface area contributed by atoms with Crippen LogP contribution in [0.3, 0.4) is 0 Å². The molecule has 0 bridgehead atoms. The Kier molecular flexibility index (Phi) is 7.58. The summed E-state index contributed by atoms with van der Waals surface area (Å²) in [5.41, 5.74) is 10.9. The number of nitrogens with zero attached hydrogens (tertiary/aromatic N) is 4. The number of anilines is 2. The first kappa shape index (κ1) is 27.7. The maximum absolute atomic E-state index is 13.9. The Bertz CT molecular complexity index is 1460. The van der Waals surface area contributed by atoms with Gasteiger partial charge in [0.1, 0.15) is 0 Å². The van der Waals surface area contributed by atoms with Crippen molar-refractivity contribution in [2.45, 2.75) is 33.5 Å². The van der Waals surface area contributed by atoms with Crippen molar-refractivity contribution >= 4 is 23.0 Å². The second-order valence-corrected chi connectivity index (χ2v) is 10.1. The highest BCUT2D eigenvalue weighted by Gasteiger charge is 2.34. The summed E-state index contributed by atoms with van der Waals surface area (Å²) in [6.07, 6.45) is -0.922. The lowest BCUT2D eigenvalue weighted by molar-refractivity contribution is -0.138. The summed E-state index contributed by atoms with van der Waals surface area (Å²) in [6.45, 7) is 8.05. The Morgan fingerprint density at radius 3 is 2.55 bits per heavy atom. The number of halogens is 3. The quantitative estimate of drug-likeness (QED) is 0.419. The maximum Gasteiger partial charge on any atom is 0.416 e. The van der Waals surface area contributed by atoms with Crippen LogP contribution in [0.1, 0.15) is 43.9 Å². The molecule has 1 aromatic heterocycles. The highest BCUT2D eigenvalue weighted by atomic mass is 19.4. The van der Waals surface area contributed by atoms with Gasteiger partial charge in [-0.25, -0.2) is 0 Å². The molecule has 1 saturated heterocycles. The molecule has 0 aliphatic carbocycles. The van der Waals surface area contributed by atoms with E-state index in [9.17, 15) is 18.0 Å². The van der Waals surface area contributed by atoms with Gasteiger partial charge in [0.25, 0.3) is 5.91 Å². The fourth-order valence-electron chi connectivity index (χ4n) is 4.86. The van der Waals surface area contributed by atoms with E-state index in [1.54, 1.807) is 40.2 Å². The zero-order valence-electron chi connectivity index (χ0n) is 22.8. The molecule has 0 atom stereocenters. The number of hydrogen-bond acceptors (Lipinski definition) is 7. The van der Waals surface area contributed by atoms with Crippen LogP contribution in [0.25, 0.3) is 5.70 Å². The SMILES string of the molecule is Cc1ccc(C(=O)Nc2cc(CN3CCOCC3)c(C)c(C(F)(F)F)c2)cc1N1C=C(c2cnn(C)c2C)NN1. The summed E-state index contributed by atoms with van der Waals surface area (Å²) in [6, 6.07) is 7.78. The third-order valence-electron chi connectivity index (χ3n) is 7.40. The van der Waals surface area contributed by atoms with Crippen molar-refractivity contribution < 1.29 is 22.7 Å². The second kappa shape index (κ2) is 11.0. The van der Waals surface area contributed by atoms with Crippen LogP contribution in [-0.4, -0.2) is 46.9 Å². The standard InChI is InChI=1S/C28H32F3N7O2/c1-17-5-6-20(12-26(17)38-16-25(34-35-38)23-14-32-36(4)19(23)3)27(39)33-22-11-21(15-37-7-9-40-10-8-37)18(2)24(13-22)28(29,30)31/h5-6,11-14,16,34-35H,7-10,15H2,1-4H3,(H,33,39). The van der Waals surface area contributed by atoms with Gasteiger partial charge in [-0.3, -0.25) is 19.4 Å². The topological polar surface area (TPSA) is 86.7 Å². The van der Waals surface area contributed by atoms with Gasteiger partial charge in [-0.2, -0.15) is 18.3 Å². The smallest absolute Gasteiger partial charge is 0.379 e. The van der Waals surface area contributed by atoms with Gasteiger partial charge in [-0.1, -0.05) is 6.07 Å². The number of carbonyl (C=O) groups is 1. The van der Waals surface area contributed by atoms with Gasteiger partial charge in [-0.05, 0) is 61.7 Å². The van der Waals surface area contributed by atoms with Gasteiger partial charge in [0, 0.05) is 55.4 Å². The summed E-state index contributed by atoms with van der Waals surface area (Å²) in [4.78, 5) is 15.3. The average molecular weight is 556 g/mol. The molecule has 5 rings (SSSR count). The number of ether oxygens (including phenoxy) is 1. The number of hydrazine groups is 2. The lowest BCUT2D eigenvalue weighted by Gasteiger charge is -2.28. The zero-order chi connectivity index (χ0) is 28.6. The Morgan fingerprint density at radius 2 is 1.88 bits per heavy atom. The van der Waals surface area contributed by atoms with Crippen molar-refractivity contribution in [1.82, 2.24) is 25.6 Å². The minimum absolute atomic E-state index is 0.100. The molecule has 2 aromatic carbocycles. The number of aromatic nitrogens is 2. The molecule has 2 aliphatic rings. The monoisotopic (exact) mass is 555 g/mol. The van der Waals surface area contributed by atoms with E-state index in [4.69, 9.17) is 4.74 Å². The molecule has 1 amide bonds. The van der Waals surface area contributed by atoms with E-state index in [0.29, 0.717) is 49.7 Å². The number of morpholine rings is 1. The number of rotatable bonds is 6. The number of aryl methyl sites for hydroxylation is 2. The van der Waals surface area contributed by atoms with E-state index < -0.39 is 17.6 Å². The number of carbonyl (C=O) groups excluding carboxylic acids is 1. The van der Waals surface area contributed by atoms with Crippen LogP contribution in [0.5, 0.6) is 0 Å². The van der Waals surface area contributed by atoms with Crippen LogP contribution in [0.15, 0.2) is 42.7 Å². The van der Waals surface area contributed by atoms with Gasteiger partial charge in [0.15, 0.2) is 0 Å². The molecule has 212 valence electrons. The lowest BCUT2D eigenvalue weighted by Crippen LogP contribution is -2.36. The molecule has 3 N–H and O–H groups in total. The minimum atomic E-state index is -4.55. The van der Waals surface area contributed by atoms with Crippen molar-refractivity contribution in [3.8, 4) is 0 Å². The molecule has 0 spiro atoms. The minimum Gasteiger partial charge on any atom is -0.379 e. The summed E-state index contributed by atoms with van der Waals surface area (Å²) < 4.78 is 48.9. The summed E-state index contributed by atoms with van der Waals surface area (Å²) >= 11 is 0. The Hall–Kier alpha value is -3.87. The largest absolute Gasteiger partial charge is 0.416 e. The molecule has 3 heterocycles. The Morgan fingerprint density at radius 1 is 1.12 bits per heavy atom. The third-order valence-corrected chi connectivity index (χ3v) is 7.40. The zero-order valence-corrected chi connectivity index (χ0v) is 22.8. The van der Waals surface area contributed by atoms with Crippen molar-refractivity contribution in [3.63, 3.8) is 0 Å². The number of benzene rings is 2. The average Bonchev–Trinajstić information content (AvgIpc) is 3.52. The Labute approximate surface area is 230 Å². The lowest BCUT2D eigenvalue weighted by atomic mass is 9.99. The summed E-state index contributed by atoms with van der Waals surface area (Å²) in [5, 5.41) is 8.72. The summed E-state index contributed by atoms with van der Waals surface area (Å²) in [5.74, 6) is -0.505. The van der Waals surface area contributed by atoms with Crippen LogP contribution in [-0.2, 0) is 24.5 Å². The van der Waals surface area contributed by atoms with E-state index in [1.165, 1.54) is 6.92 Å². The summed E-state index contributed by atoms with van der Waals surface area (Å²) in [7, 11) is 1.86. The third kappa shape index (κ3) is 5.69. The van der Waals surface area contributed by atoms with E-state index >= 15 is 0 Å². The van der Waals surface area contributed by atoms with Crippen molar-refractivity contribution in [2.24, 2.45) is 7.05 Å². The number of amides is 1. The van der Waals surface area contributed by atoms with Crippen molar-refractivity contribution in [3.05, 3.63) is 81.8 Å². The van der Waals surface area contributed by atoms with Gasteiger partial charge in [0.2, 0.25) is 0 Å². The van der Waals surface area contributed by atoms with Gasteiger partial charge < -0.3 is 15.5 Å². The number of hydrogen-bond donors (Lipinski definition) is 3. The fourth-order valence-corrected chi connectivity index (χ4v) is 4.86. The molecule has 3 aromatic rings. The van der Waals surface area contributed by atoms with Crippen LogP contribution in [0, 0.1) is 20.8 Å². The highest BCUT2D eigenvalue weighted by Crippen LogP contribution is 2.36. The van der Waals surface area contributed by atoms with Gasteiger partial charge in [0.05, 0.1) is 36.4 Å². The van der Waals surface area contributed by atoms with Crippen LogP contribution < -0.4 is 21.3 Å². The molecule has 0 radical (unpaired) electrons. The first-order chi connectivity index (χ1) is 19.0. The second-order valence-electron chi connectivity index (χ2n) is 10.1. The first-order valence-electron chi connectivity index (χ1n) is 13.0. The van der Waals surface area contributed by atoms with Gasteiger partial charge in [-0.15, -0.1) is 5.53 Å². The van der Waals surface area contributed by atoms with Crippen LogP contribution in [0.2, 0.25) is 0 Å². The molecular formula is C28H32F3N7O2. The molecule has 0 unspecified atom stereocenters. The van der Waals surface area contributed by atoms with E-state index in [0.717, 1.165) is 28.6 Å². The van der Waals surface area contributed by atoms with E-state index in [2.05, 4.69) is 26.3 Å². The van der Waals surface area contributed by atoms with Crippen molar-refractivity contribution in [1.29, 1.82) is 0 Å². The Balaban J connectivity index is 1.40. The predicted molar refractivity (Wildman–Crippen MR) is 146 cm³/mol. The van der Waals surface area contributed by atoms with Gasteiger partial charge >= 0.3 is 6.18 Å². The maximum atomic E-state index is 13.9.